The number of methoxy groups -OCH3 is 1. The van der Waals surface area contributed by atoms with Gasteiger partial charge in [-0.1, -0.05) is 0 Å². The van der Waals surface area contributed by atoms with Crippen LogP contribution in [0.5, 0.6) is 5.75 Å². The molecule has 0 spiro atoms. The summed E-state index contributed by atoms with van der Waals surface area (Å²) in [6.07, 6.45) is 6.13. The first kappa shape index (κ1) is 18.4. The van der Waals surface area contributed by atoms with Crippen LogP contribution < -0.4 is 15.0 Å². The lowest BCUT2D eigenvalue weighted by Crippen LogP contribution is -2.39. The number of piperidine rings is 1. The highest BCUT2D eigenvalue weighted by Crippen LogP contribution is 2.28. The van der Waals surface area contributed by atoms with E-state index >= 15 is 0 Å². The summed E-state index contributed by atoms with van der Waals surface area (Å²) in [5.74, 6) is 0.234. The van der Waals surface area contributed by atoms with E-state index in [4.69, 9.17) is 4.74 Å². The topological polar surface area (TPSA) is 71.5 Å². The third kappa shape index (κ3) is 4.07. The van der Waals surface area contributed by atoms with Crippen LogP contribution in [0, 0.1) is 5.82 Å². The molecule has 1 fully saturated rings. The molecular weight excluding hydrogens is 357 g/mol. The Labute approximate surface area is 152 Å². The molecule has 2 aromatic rings. The van der Waals surface area contributed by atoms with E-state index in [1.807, 2.05) is 4.90 Å². The van der Waals surface area contributed by atoms with Crippen LogP contribution in [0.1, 0.15) is 12.8 Å². The van der Waals surface area contributed by atoms with Gasteiger partial charge in [0.25, 0.3) is 0 Å². The molecule has 2 heterocycles. The lowest BCUT2D eigenvalue weighted by Gasteiger charge is -2.34. The SMILES string of the molecule is COc1ccncc1NC1CCN(c2ccc(S(C)(=O)=O)cc2F)CC1. The van der Waals surface area contributed by atoms with Gasteiger partial charge in [-0.3, -0.25) is 4.98 Å². The molecule has 8 heteroatoms. The summed E-state index contributed by atoms with van der Waals surface area (Å²) in [6, 6.07) is 6.14. The Kier molecular flexibility index (Phi) is 5.31. The van der Waals surface area contributed by atoms with Crippen molar-refractivity contribution in [1.29, 1.82) is 0 Å². The van der Waals surface area contributed by atoms with Crippen molar-refractivity contribution in [3.63, 3.8) is 0 Å². The fraction of sp³-hybridized carbons (Fsp3) is 0.389. The molecule has 0 unspecified atom stereocenters. The van der Waals surface area contributed by atoms with E-state index in [1.165, 1.54) is 6.07 Å². The summed E-state index contributed by atoms with van der Waals surface area (Å²) in [4.78, 5) is 6.05. The van der Waals surface area contributed by atoms with Crippen LogP contribution in [-0.4, -0.2) is 45.9 Å². The van der Waals surface area contributed by atoms with E-state index in [0.717, 1.165) is 36.6 Å². The normalized spacial score (nSPS) is 15.7. The number of sulfone groups is 1. The molecule has 1 aromatic carbocycles. The first-order valence-electron chi connectivity index (χ1n) is 8.37. The molecule has 0 amide bonds. The van der Waals surface area contributed by atoms with Gasteiger partial charge in [0.1, 0.15) is 11.6 Å². The second-order valence-electron chi connectivity index (χ2n) is 6.37. The van der Waals surface area contributed by atoms with Gasteiger partial charge >= 0.3 is 0 Å². The first-order valence-corrected chi connectivity index (χ1v) is 10.3. The molecular formula is C18H22FN3O3S. The Balaban J connectivity index is 1.65. The van der Waals surface area contributed by atoms with E-state index in [9.17, 15) is 12.8 Å². The number of ether oxygens (including phenoxy) is 1. The molecule has 0 bridgehead atoms. The fourth-order valence-electron chi connectivity index (χ4n) is 3.13. The lowest BCUT2D eigenvalue weighted by atomic mass is 10.0. The molecule has 26 heavy (non-hydrogen) atoms. The summed E-state index contributed by atoms with van der Waals surface area (Å²) in [5, 5.41) is 3.43. The maximum atomic E-state index is 14.4. The molecule has 0 radical (unpaired) electrons. The molecule has 1 aromatic heterocycles. The zero-order chi connectivity index (χ0) is 18.7. The van der Waals surface area contributed by atoms with Crippen molar-refractivity contribution < 1.29 is 17.5 Å². The zero-order valence-electron chi connectivity index (χ0n) is 14.8. The molecule has 0 aliphatic carbocycles. The maximum absolute atomic E-state index is 14.4. The molecule has 1 aliphatic rings. The van der Waals surface area contributed by atoms with Crippen LogP contribution in [0.15, 0.2) is 41.6 Å². The summed E-state index contributed by atoms with van der Waals surface area (Å²) >= 11 is 0. The lowest BCUT2D eigenvalue weighted by molar-refractivity contribution is 0.414. The quantitative estimate of drug-likeness (QED) is 0.861. The molecule has 3 rings (SSSR count). The van der Waals surface area contributed by atoms with Crippen molar-refractivity contribution in [2.24, 2.45) is 0 Å². The number of pyridine rings is 1. The van der Waals surface area contributed by atoms with Crippen LogP contribution in [0.4, 0.5) is 15.8 Å². The summed E-state index contributed by atoms with van der Waals surface area (Å²) < 4.78 is 42.8. The van der Waals surface area contributed by atoms with E-state index < -0.39 is 15.7 Å². The second-order valence-corrected chi connectivity index (χ2v) is 8.38. The predicted molar refractivity (Wildman–Crippen MR) is 99.2 cm³/mol. The second kappa shape index (κ2) is 7.49. The Bertz CT molecular complexity index is 881. The number of nitrogens with one attached hydrogen (secondary N) is 1. The Morgan fingerprint density at radius 3 is 2.62 bits per heavy atom. The van der Waals surface area contributed by atoms with Crippen molar-refractivity contribution in [3.05, 3.63) is 42.5 Å². The van der Waals surface area contributed by atoms with Gasteiger partial charge in [-0.15, -0.1) is 0 Å². The van der Waals surface area contributed by atoms with Crippen LogP contribution in [0.3, 0.4) is 0 Å². The fourth-order valence-corrected chi connectivity index (χ4v) is 3.76. The van der Waals surface area contributed by atoms with Crippen molar-refractivity contribution >= 4 is 21.2 Å². The van der Waals surface area contributed by atoms with Gasteiger partial charge in [0.05, 0.1) is 29.6 Å². The number of aromatic nitrogens is 1. The minimum atomic E-state index is -3.41. The average molecular weight is 379 g/mol. The summed E-state index contributed by atoms with van der Waals surface area (Å²) in [5.41, 5.74) is 1.28. The highest BCUT2D eigenvalue weighted by molar-refractivity contribution is 7.90. The van der Waals surface area contributed by atoms with Crippen LogP contribution in [0.2, 0.25) is 0 Å². The van der Waals surface area contributed by atoms with Crippen LogP contribution in [0.25, 0.3) is 0 Å². The number of hydrogen-bond donors (Lipinski definition) is 1. The maximum Gasteiger partial charge on any atom is 0.175 e. The zero-order valence-corrected chi connectivity index (χ0v) is 15.6. The Morgan fingerprint density at radius 1 is 1.27 bits per heavy atom. The van der Waals surface area contributed by atoms with Crippen molar-refractivity contribution in [3.8, 4) is 5.75 Å². The van der Waals surface area contributed by atoms with E-state index in [-0.39, 0.29) is 10.9 Å². The van der Waals surface area contributed by atoms with Crippen molar-refractivity contribution in [1.82, 2.24) is 4.98 Å². The van der Waals surface area contributed by atoms with E-state index in [2.05, 4.69) is 10.3 Å². The molecule has 140 valence electrons. The predicted octanol–water partition coefficient (Wildman–Crippen LogP) is 2.71. The van der Waals surface area contributed by atoms with Crippen LogP contribution in [-0.2, 0) is 9.84 Å². The van der Waals surface area contributed by atoms with Gasteiger partial charge in [-0.2, -0.15) is 0 Å². The smallest absolute Gasteiger partial charge is 0.175 e. The van der Waals surface area contributed by atoms with E-state index in [0.29, 0.717) is 18.8 Å². The molecule has 6 nitrogen and oxygen atoms in total. The van der Waals surface area contributed by atoms with Crippen molar-refractivity contribution in [2.75, 3.05) is 36.7 Å². The standard InChI is InChI=1S/C18H22FN3O3S/c1-25-18-5-8-20-12-16(18)21-13-6-9-22(10-7-13)17-4-3-14(11-15(17)19)26(2,23)24/h3-5,8,11-13,21H,6-7,9-10H2,1-2H3. The number of anilines is 2. The van der Waals surface area contributed by atoms with Gasteiger partial charge in [-0.05, 0) is 31.0 Å². The monoisotopic (exact) mass is 379 g/mol. The molecule has 1 saturated heterocycles. The van der Waals surface area contributed by atoms with Gasteiger partial charge < -0.3 is 15.0 Å². The third-order valence-electron chi connectivity index (χ3n) is 4.54. The summed E-state index contributed by atoms with van der Waals surface area (Å²) in [7, 11) is -1.79. The minimum absolute atomic E-state index is 0.000949. The Morgan fingerprint density at radius 2 is 2.00 bits per heavy atom. The van der Waals surface area contributed by atoms with Gasteiger partial charge in [-0.25, -0.2) is 12.8 Å². The van der Waals surface area contributed by atoms with Crippen molar-refractivity contribution in [2.45, 2.75) is 23.8 Å². The molecule has 1 N–H and O–H groups in total. The van der Waals surface area contributed by atoms with E-state index in [1.54, 1.807) is 31.6 Å². The number of rotatable bonds is 5. The van der Waals surface area contributed by atoms with Gasteiger partial charge in [0.15, 0.2) is 9.84 Å². The largest absolute Gasteiger partial charge is 0.494 e. The number of benzene rings is 1. The first-order chi connectivity index (χ1) is 12.4. The van der Waals surface area contributed by atoms with Gasteiger partial charge in [0.2, 0.25) is 0 Å². The molecule has 0 atom stereocenters. The third-order valence-corrected chi connectivity index (χ3v) is 5.65. The van der Waals surface area contributed by atoms with Gasteiger partial charge in [0, 0.05) is 37.7 Å². The Hall–Kier alpha value is -2.35. The minimum Gasteiger partial charge on any atom is -0.494 e. The highest BCUT2D eigenvalue weighted by atomic mass is 32.2. The average Bonchev–Trinajstić information content (AvgIpc) is 2.62. The van der Waals surface area contributed by atoms with Crippen LogP contribution >= 0.6 is 0 Å². The molecule has 0 saturated carbocycles. The number of nitrogens with zero attached hydrogens (tertiary/aromatic N) is 2. The number of halogens is 1. The molecule has 1 aliphatic heterocycles. The highest BCUT2D eigenvalue weighted by Gasteiger charge is 2.23. The summed E-state index contributed by atoms with van der Waals surface area (Å²) in [6.45, 7) is 1.35. The number of hydrogen-bond acceptors (Lipinski definition) is 6.